The molecule has 1 aromatic heterocycles. The van der Waals surface area contributed by atoms with E-state index in [0.717, 1.165) is 27.9 Å². The molecule has 10 aromatic rings. The van der Waals surface area contributed by atoms with Crippen LogP contribution in [0, 0.1) is 0 Å². The molecule has 0 amide bonds. The van der Waals surface area contributed by atoms with Gasteiger partial charge in [-0.05, 0) is 100 Å². The van der Waals surface area contributed by atoms with Crippen molar-refractivity contribution in [2.24, 2.45) is 0 Å². The Morgan fingerprint density at radius 1 is 0.308 bits per heavy atom. The summed E-state index contributed by atoms with van der Waals surface area (Å²) < 4.78 is 0. The number of aromatic nitrogens is 2. The van der Waals surface area contributed by atoms with Gasteiger partial charge in [0.2, 0.25) is 0 Å². The molecule has 0 unspecified atom stereocenters. The standard InChI is InChI=1S/C50H32N2/c1-2-12-37(13-3-1)50-47(31-51-32-52-50)36-22-18-35(19-23-36)40-26-27-45-46(30-40)49(42-25-21-34-11-5-7-15-39(34)29-42)44-17-9-8-16-43(44)48(45)41-24-20-33-10-4-6-14-38(33)28-41/h1-32H. The van der Waals surface area contributed by atoms with E-state index in [9.17, 15) is 0 Å². The largest absolute Gasteiger partial charge is 0.244 e. The molecular weight excluding hydrogens is 629 g/mol. The van der Waals surface area contributed by atoms with Crippen molar-refractivity contribution in [1.29, 1.82) is 0 Å². The van der Waals surface area contributed by atoms with Crippen molar-refractivity contribution in [3.05, 3.63) is 195 Å². The van der Waals surface area contributed by atoms with Crippen molar-refractivity contribution < 1.29 is 0 Å². The zero-order valence-electron chi connectivity index (χ0n) is 28.4. The average molecular weight is 661 g/mol. The zero-order chi connectivity index (χ0) is 34.4. The topological polar surface area (TPSA) is 25.8 Å². The van der Waals surface area contributed by atoms with E-state index in [4.69, 9.17) is 0 Å². The molecular formula is C50H32N2. The van der Waals surface area contributed by atoms with Gasteiger partial charge in [-0.15, -0.1) is 0 Å². The third-order valence-electron chi connectivity index (χ3n) is 10.4. The van der Waals surface area contributed by atoms with Crippen LogP contribution in [0.25, 0.3) is 98.9 Å². The first-order valence-electron chi connectivity index (χ1n) is 17.7. The van der Waals surface area contributed by atoms with Crippen LogP contribution in [-0.4, -0.2) is 9.97 Å². The summed E-state index contributed by atoms with van der Waals surface area (Å²) in [6, 6.07) is 66.1. The molecule has 0 aliphatic heterocycles. The summed E-state index contributed by atoms with van der Waals surface area (Å²) in [6.07, 6.45) is 3.54. The van der Waals surface area contributed by atoms with Crippen molar-refractivity contribution in [3.8, 4) is 55.8 Å². The van der Waals surface area contributed by atoms with E-state index in [1.807, 2.05) is 24.4 Å². The predicted octanol–water partition coefficient (Wildman–Crippen LogP) is 13.4. The maximum absolute atomic E-state index is 4.66. The molecule has 242 valence electrons. The smallest absolute Gasteiger partial charge is 0.116 e. The van der Waals surface area contributed by atoms with Crippen molar-refractivity contribution in [1.82, 2.24) is 9.97 Å². The Labute approximate surface area is 302 Å². The summed E-state index contributed by atoms with van der Waals surface area (Å²) in [5.41, 5.74) is 11.4. The van der Waals surface area contributed by atoms with Gasteiger partial charge in [-0.3, -0.25) is 0 Å². The Bertz CT molecular complexity index is 2940. The minimum absolute atomic E-state index is 0.933. The SMILES string of the molecule is c1ccc(-c2ncncc2-c2ccc(-c3ccc4c(-c5ccc6ccccc6c5)c5ccccc5c(-c5ccc6ccccc6c5)c4c3)cc2)cc1. The van der Waals surface area contributed by atoms with Gasteiger partial charge in [-0.25, -0.2) is 9.97 Å². The molecule has 52 heavy (non-hydrogen) atoms. The molecule has 0 spiro atoms. The Kier molecular flexibility index (Phi) is 7.18. The lowest BCUT2D eigenvalue weighted by Gasteiger charge is -2.19. The average Bonchev–Trinajstić information content (AvgIpc) is 3.22. The van der Waals surface area contributed by atoms with Gasteiger partial charge in [0, 0.05) is 17.3 Å². The fourth-order valence-corrected chi connectivity index (χ4v) is 7.88. The number of hydrogen-bond donors (Lipinski definition) is 0. The van der Waals surface area contributed by atoms with E-state index in [0.29, 0.717) is 0 Å². The van der Waals surface area contributed by atoms with E-state index in [-0.39, 0.29) is 0 Å². The highest BCUT2D eigenvalue weighted by molar-refractivity contribution is 6.22. The van der Waals surface area contributed by atoms with Gasteiger partial charge in [-0.2, -0.15) is 0 Å². The van der Waals surface area contributed by atoms with Gasteiger partial charge in [0.1, 0.15) is 6.33 Å². The number of nitrogens with zero attached hydrogens (tertiary/aromatic N) is 2. The van der Waals surface area contributed by atoms with Gasteiger partial charge in [0.15, 0.2) is 0 Å². The van der Waals surface area contributed by atoms with Crippen LogP contribution in [-0.2, 0) is 0 Å². The quantitative estimate of drug-likeness (QED) is 0.172. The highest BCUT2D eigenvalue weighted by atomic mass is 14.8. The number of hydrogen-bond acceptors (Lipinski definition) is 2. The van der Waals surface area contributed by atoms with Crippen LogP contribution in [0.1, 0.15) is 0 Å². The Hall–Kier alpha value is -6.90. The molecule has 0 aliphatic rings. The van der Waals surface area contributed by atoms with E-state index in [1.165, 1.54) is 70.9 Å². The fraction of sp³-hybridized carbons (Fsp3) is 0. The van der Waals surface area contributed by atoms with Crippen molar-refractivity contribution in [3.63, 3.8) is 0 Å². The second kappa shape index (κ2) is 12.5. The van der Waals surface area contributed by atoms with Gasteiger partial charge < -0.3 is 0 Å². The molecule has 2 nitrogen and oxygen atoms in total. The number of fused-ring (bicyclic) bond motifs is 4. The minimum atomic E-state index is 0.933. The first-order valence-corrected chi connectivity index (χ1v) is 17.7. The molecule has 0 saturated carbocycles. The minimum Gasteiger partial charge on any atom is -0.244 e. The van der Waals surface area contributed by atoms with Crippen LogP contribution in [0.15, 0.2) is 195 Å². The van der Waals surface area contributed by atoms with Crippen LogP contribution in [0.2, 0.25) is 0 Å². The highest BCUT2D eigenvalue weighted by Gasteiger charge is 2.18. The van der Waals surface area contributed by atoms with E-state index >= 15 is 0 Å². The van der Waals surface area contributed by atoms with Crippen LogP contribution in [0.3, 0.4) is 0 Å². The summed E-state index contributed by atoms with van der Waals surface area (Å²) >= 11 is 0. The normalized spacial score (nSPS) is 11.5. The Morgan fingerprint density at radius 3 is 1.46 bits per heavy atom. The molecule has 0 radical (unpaired) electrons. The molecule has 0 aliphatic carbocycles. The highest BCUT2D eigenvalue weighted by Crippen LogP contribution is 2.46. The van der Waals surface area contributed by atoms with E-state index in [1.54, 1.807) is 6.33 Å². The zero-order valence-corrected chi connectivity index (χ0v) is 28.4. The molecule has 10 rings (SSSR count). The molecule has 9 aromatic carbocycles. The summed E-state index contributed by atoms with van der Waals surface area (Å²) in [5.74, 6) is 0. The Morgan fingerprint density at radius 2 is 0.808 bits per heavy atom. The van der Waals surface area contributed by atoms with Crippen LogP contribution >= 0.6 is 0 Å². The maximum atomic E-state index is 4.66. The van der Waals surface area contributed by atoms with Crippen LogP contribution in [0.4, 0.5) is 0 Å². The predicted molar refractivity (Wildman–Crippen MR) is 219 cm³/mol. The second-order valence-electron chi connectivity index (χ2n) is 13.4. The fourth-order valence-electron chi connectivity index (χ4n) is 7.88. The van der Waals surface area contributed by atoms with Gasteiger partial charge in [0.25, 0.3) is 0 Å². The van der Waals surface area contributed by atoms with Crippen molar-refractivity contribution in [2.45, 2.75) is 0 Å². The van der Waals surface area contributed by atoms with Gasteiger partial charge >= 0.3 is 0 Å². The lowest BCUT2D eigenvalue weighted by atomic mass is 9.84. The van der Waals surface area contributed by atoms with E-state index < -0.39 is 0 Å². The van der Waals surface area contributed by atoms with Crippen LogP contribution < -0.4 is 0 Å². The summed E-state index contributed by atoms with van der Waals surface area (Å²) in [4.78, 5) is 9.04. The molecule has 0 saturated heterocycles. The molecule has 1 heterocycles. The van der Waals surface area contributed by atoms with Crippen molar-refractivity contribution >= 4 is 43.1 Å². The van der Waals surface area contributed by atoms with Gasteiger partial charge in [-0.1, -0.05) is 164 Å². The summed E-state index contributed by atoms with van der Waals surface area (Å²) in [6.45, 7) is 0. The molecule has 2 heteroatoms. The first-order chi connectivity index (χ1) is 25.8. The maximum Gasteiger partial charge on any atom is 0.116 e. The first kappa shape index (κ1) is 30.0. The van der Waals surface area contributed by atoms with Gasteiger partial charge in [0.05, 0.1) is 5.69 Å². The molecule has 0 N–H and O–H groups in total. The number of rotatable bonds is 5. The second-order valence-corrected chi connectivity index (χ2v) is 13.4. The molecule has 0 bridgehead atoms. The third kappa shape index (κ3) is 5.12. The van der Waals surface area contributed by atoms with Crippen LogP contribution in [0.5, 0.6) is 0 Å². The Balaban J connectivity index is 1.19. The summed E-state index contributed by atoms with van der Waals surface area (Å²) in [7, 11) is 0. The molecule has 0 fully saturated rings. The number of benzene rings is 9. The van der Waals surface area contributed by atoms with E-state index in [2.05, 4.69) is 174 Å². The molecule has 0 atom stereocenters. The third-order valence-corrected chi connectivity index (χ3v) is 10.4. The lowest BCUT2D eigenvalue weighted by Crippen LogP contribution is -1.92. The summed E-state index contributed by atoms with van der Waals surface area (Å²) in [5, 5.41) is 9.95. The van der Waals surface area contributed by atoms with Crippen molar-refractivity contribution in [2.75, 3.05) is 0 Å². The monoisotopic (exact) mass is 660 g/mol. The lowest BCUT2D eigenvalue weighted by molar-refractivity contribution is 1.17.